The molecular weight excluding hydrogens is 257 g/mol. The van der Waals surface area contributed by atoms with E-state index in [1.165, 1.54) is 13.2 Å². The first-order valence-corrected chi connectivity index (χ1v) is 5.27. The van der Waals surface area contributed by atoms with Crippen LogP contribution in [0.5, 0.6) is 0 Å². The molecular formula is C10H12ClF3N2O. The first-order chi connectivity index (χ1) is 7.93. The van der Waals surface area contributed by atoms with Gasteiger partial charge in [0.05, 0.1) is 17.5 Å². The maximum atomic E-state index is 12.2. The van der Waals surface area contributed by atoms with Gasteiger partial charge in [0.2, 0.25) is 0 Å². The van der Waals surface area contributed by atoms with Gasteiger partial charge in [-0.15, -0.1) is 11.6 Å². The van der Waals surface area contributed by atoms with E-state index in [0.717, 1.165) is 12.3 Å². The second kappa shape index (κ2) is 6.07. The van der Waals surface area contributed by atoms with Gasteiger partial charge in [-0.3, -0.25) is 0 Å². The SMILES string of the molecule is COCC(Cl)CNc1ccc(C(F)(F)F)cn1. The van der Waals surface area contributed by atoms with Gasteiger partial charge in [-0.25, -0.2) is 4.98 Å². The minimum atomic E-state index is -4.36. The first kappa shape index (κ1) is 14.1. The molecule has 0 aliphatic rings. The molecule has 3 nitrogen and oxygen atoms in total. The van der Waals surface area contributed by atoms with Crippen LogP contribution >= 0.6 is 11.6 Å². The number of aromatic nitrogens is 1. The van der Waals surface area contributed by atoms with Crippen molar-refractivity contribution >= 4 is 17.4 Å². The van der Waals surface area contributed by atoms with Crippen molar-refractivity contribution in [2.45, 2.75) is 11.6 Å². The normalized spacial score (nSPS) is 13.5. The van der Waals surface area contributed by atoms with Gasteiger partial charge >= 0.3 is 6.18 Å². The first-order valence-electron chi connectivity index (χ1n) is 4.83. The predicted octanol–water partition coefficient (Wildman–Crippen LogP) is 2.77. The summed E-state index contributed by atoms with van der Waals surface area (Å²) in [6.07, 6.45) is -3.58. The monoisotopic (exact) mass is 268 g/mol. The van der Waals surface area contributed by atoms with E-state index in [1.807, 2.05) is 0 Å². The minimum absolute atomic E-state index is 0.260. The second-order valence-electron chi connectivity index (χ2n) is 3.36. The van der Waals surface area contributed by atoms with E-state index < -0.39 is 11.7 Å². The molecule has 0 saturated heterocycles. The van der Waals surface area contributed by atoms with E-state index in [2.05, 4.69) is 10.3 Å². The lowest BCUT2D eigenvalue weighted by Crippen LogP contribution is -2.19. The summed E-state index contributed by atoms with van der Waals surface area (Å²) in [6.45, 7) is 0.725. The van der Waals surface area contributed by atoms with Gasteiger partial charge in [0.25, 0.3) is 0 Å². The van der Waals surface area contributed by atoms with Crippen molar-refractivity contribution < 1.29 is 17.9 Å². The van der Waals surface area contributed by atoms with Crippen LogP contribution in [0.25, 0.3) is 0 Å². The summed E-state index contributed by atoms with van der Waals surface area (Å²) >= 11 is 5.84. The fourth-order valence-electron chi connectivity index (χ4n) is 1.12. The fourth-order valence-corrected chi connectivity index (χ4v) is 1.32. The summed E-state index contributed by atoms with van der Waals surface area (Å²) in [6, 6.07) is 2.23. The Morgan fingerprint density at radius 1 is 1.47 bits per heavy atom. The summed E-state index contributed by atoms with van der Waals surface area (Å²) < 4.78 is 41.5. The van der Waals surface area contributed by atoms with Crippen molar-refractivity contribution in [3.05, 3.63) is 23.9 Å². The van der Waals surface area contributed by atoms with Crippen LogP contribution in [0, 0.1) is 0 Å². The number of rotatable bonds is 5. The van der Waals surface area contributed by atoms with Crippen LogP contribution in [0.3, 0.4) is 0 Å². The molecule has 0 spiro atoms. The van der Waals surface area contributed by atoms with Crippen LogP contribution in [-0.2, 0) is 10.9 Å². The van der Waals surface area contributed by atoms with Crippen molar-refractivity contribution in [3.8, 4) is 0 Å². The van der Waals surface area contributed by atoms with Gasteiger partial charge in [0, 0.05) is 19.9 Å². The van der Waals surface area contributed by atoms with Crippen LogP contribution in [0.4, 0.5) is 19.0 Å². The van der Waals surface area contributed by atoms with Crippen molar-refractivity contribution in [1.29, 1.82) is 0 Å². The number of pyridine rings is 1. The number of ether oxygens (including phenoxy) is 1. The molecule has 1 aromatic rings. The maximum Gasteiger partial charge on any atom is 0.417 e. The summed E-state index contributed by atoms with van der Waals surface area (Å²) in [5.41, 5.74) is -0.776. The highest BCUT2D eigenvalue weighted by Gasteiger charge is 2.30. The highest BCUT2D eigenvalue weighted by atomic mass is 35.5. The van der Waals surface area contributed by atoms with E-state index in [4.69, 9.17) is 16.3 Å². The Bertz CT molecular complexity index is 342. The third-order valence-corrected chi connectivity index (χ3v) is 2.22. The van der Waals surface area contributed by atoms with E-state index in [0.29, 0.717) is 19.0 Å². The summed E-state index contributed by atoms with van der Waals surface area (Å²) in [5.74, 6) is 0.347. The molecule has 0 bridgehead atoms. The summed E-state index contributed by atoms with van der Waals surface area (Å²) in [4.78, 5) is 3.65. The smallest absolute Gasteiger partial charge is 0.383 e. The molecule has 0 radical (unpaired) electrons. The van der Waals surface area contributed by atoms with E-state index in [1.54, 1.807) is 0 Å². The molecule has 0 saturated carbocycles. The number of alkyl halides is 4. The quantitative estimate of drug-likeness (QED) is 0.834. The van der Waals surface area contributed by atoms with Crippen molar-refractivity contribution in [2.75, 3.05) is 25.6 Å². The molecule has 1 aromatic heterocycles. The molecule has 0 aromatic carbocycles. The Hall–Kier alpha value is -1.01. The average Bonchev–Trinajstić information content (AvgIpc) is 2.26. The molecule has 0 aliphatic heterocycles. The zero-order valence-corrected chi connectivity index (χ0v) is 9.85. The topological polar surface area (TPSA) is 34.1 Å². The lowest BCUT2D eigenvalue weighted by Gasteiger charge is -2.11. The van der Waals surface area contributed by atoms with Gasteiger partial charge in [0.1, 0.15) is 5.82 Å². The van der Waals surface area contributed by atoms with Gasteiger partial charge in [-0.05, 0) is 12.1 Å². The molecule has 96 valence electrons. The van der Waals surface area contributed by atoms with Crippen LogP contribution in [-0.4, -0.2) is 30.6 Å². The fraction of sp³-hybridized carbons (Fsp3) is 0.500. The zero-order chi connectivity index (χ0) is 12.9. The average molecular weight is 269 g/mol. The molecule has 7 heteroatoms. The molecule has 0 aliphatic carbocycles. The summed E-state index contributed by atoms with van der Waals surface area (Å²) in [7, 11) is 1.52. The Kier molecular flexibility index (Phi) is 5.02. The molecule has 1 rings (SSSR count). The number of anilines is 1. The lowest BCUT2D eigenvalue weighted by molar-refractivity contribution is -0.137. The number of nitrogens with zero attached hydrogens (tertiary/aromatic N) is 1. The number of halogens is 4. The van der Waals surface area contributed by atoms with Crippen LogP contribution in [0.2, 0.25) is 0 Å². The highest BCUT2D eigenvalue weighted by molar-refractivity contribution is 6.21. The van der Waals surface area contributed by atoms with E-state index >= 15 is 0 Å². The van der Waals surface area contributed by atoms with Crippen molar-refractivity contribution in [2.24, 2.45) is 0 Å². The summed E-state index contributed by atoms with van der Waals surface area (Å²) in [5, 5.41) is 2.56. The van der Waals surface area contributed by atoms with Gasteiger partial charge in [0.15, 0.2) is 0 Å². The Labute approximate surface area is 102 Å². The molecule has 1 N–H and O–H groups in total. The third-order valence-electron chi connectivity index (χ3n) is 1.94. The number of hydrogen-bond donors (Lipinski definition) is 1. The van der Waals surface area contributed by atoms with E-state index in [9.17, 15) is 13.2 Å². The van der Waals surface area contributed by atoms with Crippen molar-refractivity contribution in [1.82, 2.24) is 4.98 Å². The Morgan fingerprint density at radius 2 is 2.18 bits per heavy atom. The molecule has 0 fully saturated rings. The predicted molar refractivity (Wildman–Crippen MR) is 59.2 cm³/mol. The lowest BCUT2D eigenvalue weighted by atomic mass is 10.3. The molecule has 17 heavy (non-hydrogen) atoms. The molecule has 1 atom stereocenters. The molecule has 1 unspecified atom stereocenters. The Morgan fingerprint density at radius 3 is 2.65 bits per heavy atom. The Balaban J connectivity index is 2.51. The largest absolute Gasteiger partial charge is 0.417 e. The second-order valence-corrected chi connectivity index (χ2v) is 3.98. The minimum Gasteiger partial charge on any atom is -0.383 e. The highest BCUT2D eigenvalue weighted by Crippen LogP contribution is 2.28. The van der Waals surface area contributed by atoms with Crippen LogP contribution < -0.4 is 5.32 Å². The third kappa shape index (κ3) is 4.79. The van der Waals surface area contributed by atoms with E-state index in [-0.39, 0.29) is 5.38 Å². The maximum absolute atomic E-state index is 12.2. The van der Waals surface area contributed by atoms with Crippen molar-refractivity contribution in [3.63, 3.8) is 0 Å². The van der Waals surface area contributed by atoms with Crippen LogP contribution in [0.15, 0.2) is 18.3 Å². The number of nitrogens with one attached hydrogen (secondary N) is 1. The van der Waals surface area contributed by atoms with Gasteiger partial charge in [-0.2, -0.15) is 13.2 Å². The zero-order valence-electron chi connectivity index (χ0n) is 9.09. The van der Waals surface area contributed by atoms with Gasteiger partial charge < -0.3 is 10.1 Å². The van der Waals surface area contributed by atoms with Crippen LogP contribution in [0.1, 0.15) is 5.56 Å². The van der Waals surface area contributed by atoms with Gasteiger partial charge in [-0.1, -0.05) is 0 Å². The standard InChI is InChI=1S/C10H12ClF3N2O/c1-17-6-8(11)5-16-9-3-2-7(4-15-9)10(12,13)14/h2-4,8H,5-6H2,1H3,(H,15,16). The number of methoxy groups -OCH3 is 1. The molecule has 1 heterocycles. The molecule has 0 amide bonds. The number of hydrogen-bond acceptors (Lipinski definition) is 3.